The summed E-state index contributed by atoms with van der Waals surface area (Å²) in [6.07, 6.45) is 5.71. The van der Waals surface area contributed by atoms with Gasteiger partial charge in [-0.2, -0.15) is 0 Å². The average molecular weight is 303 g/mol. The van der Waals surface area contributed by atoms with Crippen molar-refractivity contribution in [2.75, 3.05) is 6.61 Å². The van der Waals surface area contributed by atoms with Crippen molar-refractivity contribution in [2.45, 2.75) is 44.9 Å². The predicted molar refractivity (Wildman–Crippen MR) is 79.8 cm³/mol. The van der Waals surface area contributed by atoms with E-state index in [0.29, 0.717) is 24.2 Å². The fourth-order valence-electron chi connectivity index (χ4n) is 2.85. The van der Waals surface area contributed by atoms with E-state index < -0.39 is 0 Å². The minimum absolute atomic E-state index is 0.308. The molecule has 4 nitrogen and oxygen atoms in total. The molecule has 21 heavy (non-hydrogen) atoms. The molecular weight excluding hydrogens is 286 g/mol. The summed E-state index contributed by atoms with van der Waals surface area (Å²) in [7, 11) is 0. The largest absolute Gasteiger partial charge is 0.460 e. The topological polar surface area (TPSA) is 52.3 Å². The van der Waals surface area contributed by atoms with Crippen molar-refractivity contribution in [1.82, 2.24) is 4.98 Å². The third-order valence-corrected chi connectivity index (χ3v) is 5.26. The number of aromatic nitrogens is 1. The molecule has 0 N–H and O–H groups in total. The van der Waals surface area contributed by atoms with Gasteiger partial charge in [0.2, 0.25) is 11.7 Å². The van der Waals surface area contributed by atoms with E-state index >= 15 is 0 Å². The van der Waals surface area contributed by atoms with Crippen LogP contribution in [-0.2, 0) is 17.6 Å². The second kappa shape index (κ2) is 4.98. The lowest BCUT2D eigenvalue weighted by atomic mass is 10.2. The number of carbonyl (C=O) groups is 1. The number of hydrogen-bond acceptors (Lipinski definition) is 5. The van der Waals surface area contributed by atoms with E-state index in [2.05, 4.69) is 11.1 Å². The van der Waals surface area contributed by atoms with Crippen LogP contribution in [0.5, 0.6) is 0 Å². The normalized spacial score (nSPS) is 17.0. The number of oxazole rings is 1. The summed E-state index contributed by atoms with van der Waals surface area (Å²) in [5.41, 5.74) is 2.20. The van der Waals surface area contributed by atoms with Crippen LogP contribution < -0.4 is 0 Å². The second-order valence-electron chi connectivity index (χ2n) is 5.64. The number of aryl methyl sites for hydroxylation is 2. The monoisotopic (exact) mass is 303 g/mol. The highest BCUT2D eigenvalue weighted by Crippen LogP contribution is 2.44. The van der Waals surface area contributed by atoms with Crippen LogP contribution in [0, 0.1) is 0 Å². The molecule has 0 aliphatic heterocycles. The molecular formula is C16H17NO3S. The van der Waals surface area contributed by atoms with Crippen LogP contribution in [0.15, 0.2) is 10.5 Å². The van der Waals surface area contributed by atoms with Crippen LogP contribution in [0.25, 0.3) is 10.8 Å². The fraction of sp³-hybridized carbons (Fsp3) is 0.500. The van der Waals surface area contributed by atoms with Crippen molar-refractivity contribution in [3.63, 3.8) is 0 Å². The van der Waals surface area contributed by atoms with Crippen molar-refractivity contribution in [2.24, 2.45) is 0 Å². The molecule has 0 aromatic carbocycles. The third kappa shape index (κ3) is 2.29. The zero-order chi connectivity index (χ0) is 14.4. The highest BCUT2D eigenvalue weighted by atomic mass is 32.1. The molecule has 110 valence electrons. The minimum atomic E-state index is -0.387. The summed E-state index contributed by atoms with van der Waals surface area (Å²) in [5.74, 6) is 0.873. The van der Waals surface area contributed by atoms with Crippen molar-refractivity contribution in [3.05, 3.63) is 28.0 Å². The van der Waals surface area contributed by atoms with Gasteiger partial charge in [-0.15, -0.1) is 11.3 Å². The van der Waals surface area contributed by atoms with Crippen LogP contribution in [0.3, 0.4) is 0 Å². The number of hydrogen-bond donors (Lipinski definition) is 0. The highest BCUT2D eigenvalue weighted by Gasteiger charge is 2.34. The predicted octanol–water partition coefficient (Wildman–Crippen LogP) is 3.95. The Morgan fingerprint density at radius 2 is 2.33 bits per heavy atom. The van der Waals surface area contributed by atoms with Crippen LogP contribution >= 0.6 is 11.3 Å². The molecule has 0 unspecified atom stereocenters. The van der Waals surface area contributed by atoms with E-state index in [4.69, 9.17) is 9.15 Å². The molecule has 2 aromatic rings. The molecule has 0 spiro atoms. The Morgan fingerprint density at radius 3 is 3.05 bits per heavy atom. The van der Waals surface area contributed by atoms with Gasteiger partial charge in [0.15, 0.2) is 0 Å². The van der Waals surface area contributed by atoms with Crippen LogP contribution in [-0.4, -0.2) is 17.6 Å². The van der Waals surface area contributed by atoms with Gasteiger partial charge in [0.1, 0.15) is 0 Å². The Hall–Kier alpha value is -1.62. The Morgan fingerprint density at radius 1 is 1.48 bits per heavy atom. The molecule has 2 aromatic heterocycles. The Balaban J connectivity index is 1.71. The number of ether oxygens (including phenoxy) is 1. The first-order valence-corrected chi connectivity index (χ1v) is 8.37. The van der Waals surface area contributed by atoms with Gasteiger partial charge >= 0.3 is 5.97 Å². The smallest absolute Gasteiger partial charge is 0.376 e. The molecule has 5 heteroatoms. The minimum Gasteiger partial charge on any atom is -0.460 e. The molecule has 0 amide bonds. The Labute approximate surface area is 127 Å². The van der Waals surface area contributed by atoms with Crippen LogP contribution in [0.4, 0.5) is 0 Å². The second-order valence-corrected chi connectivity index (χ2v) is 6.78. The van der Waals surface area contributed by atoms with Gasteiger partial charge in [0, 0.05) is 10.8 Å². The van der Waals surface area contributed by atoms with Gasteiger partial charge in [-0.25, -0.2) is 9.78 Å². The first-order valence-electron chi connectivity index (χ1n) is 7.56. The lowest BCUT2D eigenvalue weighted by Gasteiger charge is -1.98. The summed E-state index contributed by atoms with van der Waals surface area (Å²) < 4.78 is 10.9. The highest BCUT2D eigenvalue weighted by molar-refractivity contribution is 7.15. The molecule has 0 radical (unpaired) electrons. The molecule has 1 fully saturated rings. The third-order valence-electron chi connectivity index (χ3n) is 4.04. The van der Waals surface area contributed by atoms with Crippen LogP contribution in [0.1, 0.15) is 58.8 Å². The summed E-state index contributed by atoms with van der Waals surface area (Å²) in [5, 5.41) is 0. The van der Waals surface area contributed by atoms with Gasteiger partial charge in [-0.1, -0.05) is 0 Å². The molecule has 0 saturated heterocycles. The summed E-state index contributed by atoms with van der Waals surface area (Å²) in [4.78, 5) is 19.1. The van der Waals surface area contributed by atoms with Crippen molar-refractivity contribution < 1.29 is 13.9 Å². The van der Waals surface area contributed by atoms with Gasteiger partial charge in [0.05, 0.1) is 17.2 Å². The maximum atomic E-state index is 12.0. The zero-order valence-electron chi connectivity index (χ0n) is 12.0. The fourth-order valence-corrected chi connectivity index (χ4v) is 4.03. The Bertz CT molecular complexity index is 675. The summed E-state index contributed by atoms with van der Waals surface area (Å²) in [6, 6.07) is 2.17. The summed E-state index contributed by atoms with van der Waals surface area (Å²) >= 11 is 1.75. The quantitative estimate of drug-likeness (QED) is 0.803. The lowest BCUT2D eigenvalue weighted by Crippen LogP contribution is -2.05. The number of thiophene rings is 1. The number of rotatable bonds is 4. The zero-order valence-corrected chi connectivity index (χ0v) is 12.8. The maximum Gasteiger partial charge on any atom is 0.376 e. The van der Waals surface area contributed by atoms with Crippen molar-refractivity contribution in [3.8, 4) is 10.8 Å². The van der Waals surface area contributed by atoms with E-state index in [9.17, 15) is 4.79 Å². The number of carbonyl (C=O) groups excluding carboxylic acids is 1. The molecule has 0 atom stereocenters. The Kier molecular flexibility index (Phi) is 3.10. The van der Waals surface area contributed by atoms with E-state index in [1.54, 1.807) is 18.3 Å². The molecule has 4 rings (SSSR count). The SMILES string of the molecule is CCOC(=O)c1oc(-c2cc3c(s2)CCC3)nc1C1CC1. The van der Waals surface area contributed by atoms with Gasteiger partial charge in [-0.3, -0.25) is 0 Å². The van der Waals surface area contributed by atoms with Crippen molar-refractivity contribution >= 4 is 17.3 Å². The average Bonchev–Trinajstić information content (AvgIpc) is 2.89. The van der Waals surface area contributed by atoms with Crippen LogP contribution in [0.2, 0.25) is 0 Å². The van der Waals surface area contributed by atoms with Gasteiger partial charge in [-0.05, 0) is 50.7 Å². The van der Waals surface area contributed by atoms with E-state index in [1.165, 1.54) is 16.9 Å². The first kappa shape index (κ1) is 13.1. The molecule has 0 bridgehead atoms. The number of fused-ring (bicyclic) bond motifs is 1. The van der Waals surface area contributed by atoms with E-state index in [1.807, 2.05) is 0 Å². The van der Waals surface area contributed by atoms with E-state index in [-0.39, 0.29) is 5.97 Å². The van der Waals surface area contributed by atoms with Gasteiger partial charge in [0.25, 0.3) is 0 Å². The molecule has 2 aliphatic rings. The molecule has 2 aliphatic carbocycles. The molecule has 2 heterocycles. The number of esters is 1. The standard InChI is InChI=1S/C16H17NO3S/c1-2-19-16(18)14-13(9-6-7-9)17-15(20-14)12-8-10-4-3-5-11(10)21-12/h8-9H,2-7H2,1H3. The maximum absolute atomic E-state index is 12.0. The first-order chi connectivity index (χ1) is 10.3. The molecule has 1 saturated carbocycles. The lowest BCUT2D eigenvalue weighted by molar-refractivity contribution is 0.0489. The number of nitrogens with zero attached hydrogens (tertiary/aromatic N) is 1. The summed E-state index contributed by atoms with van der Waals surface area (Å²) in [6.45, 7) is 2.15. The van der Waals surface area contributed by atoms with Crippen molar-refractivity contribution in [1.29, 1.82) is 0 Å². The van der Waals surface area contributed by atoms with Gasteiger partial charge < -0.3 is 9.15 Å². The van der Waals surface area contributed by atoms with E-state index in [0.717, 1.165) is 36.3 Å².